The van der Waals surface area contributed by atoms with Crippen LogP contribution >= 0.6 is 0 Å². The zero-order valence-electron chi connectivity index (χ0n) is 12.5. The number of benzene rings is 1. The third kappa shape index (κ3) is 3.34. The second-order valence-electron chi connectivity index (χ2n) is 5.36. The molecule has 0 radical (unpaired) electrons. The van der Waals surface area contributed by atoms with Crippen molar-refractivity contribution in [3.8, 4) is 0 Å². The quantitative estimate of drug-likeness (QED) is 0.931. The van der Waals surface area contributed by atoms with Crippen molar-refractivity contribution in [2.24, 2.45) is 0 Å². The first kappa shape index (κ1) is 13.9. The minimum absolute atomic E-state index is 0.888. The van der Waals surface area contributed by atoms with Crippen LogP contribution in [0.4, 0.5) is 11.5 Å². The van der Waals surface area contributed by atoms with Gasteiger partial charge in [-0.25, -0.2) is 4.98 Å². The normalized spacial score (nSPS) is 15.3. The van der Waals surface area contributed by atoms with Crippen LogP contribution in [0.2, 0.25) is 0 Å². The third-order valence-corrected chi connectivity index (χ3v) is 3.92. The van der Waals surface area contributed by atoms with Crippen molar-refractivity contribution in [3.05, 3.63) is 54.2 Å². The SMILES string of the molecule is CNCc1ccnc(N2CCN(c3ccccc3)CC2)c1. The maximum atomic E-state index is 4.52. The Kier molecular flexibility index (Phi) is 4.36. The smallest absolute Gasteiger partial charge is 0.128 e. The van der Waals surface area contributed by atoms with E-state index in [2.05, 4.69) is 62.6 Å². The van der Waals surface area contributed by atoms with Gasteiger partial charge in [0.05, 0.1) is 0 Å². The number of hydrogen-bond acceptors (Lipinski definition) is 4. The van der Waals surface area contributed by atoms with Crippen LogP contribution in [0.1, 0.15) is 5.56 Å². The van der Waals surface area contributed by atoms with E-state index in [-0.39, 0.29) is 0 Å². The first-order valence-electron chi connectivity index (χ1n) is 7.51. The van der Waals surface area contributed by atoms with Crippen LogP contribution in [0, 0.1) is 0 Å². The van der Waals surface area contributed by atoms with Crippen molar-refractivity contribution >= 4 is 11.5 Å². The maximum Gasteiger partial charge on any atom is 0.128 e. The Morgan fingerprint density at radius 1 is 1.00 bits per heavy atom. The summed E-state index contributed by atoms with van der Waals surface area (Å²) in [6, 6.07) is 14.9. The third-order valence-electron chi connectivity index (χ3n) is 3.92. The number of pyridine rings is 1. The van der Waals surface area contributed by atoms with E-state index < -0.39 is 0 Å². The number of hydrogen-bond donors (Lipinski definition) is 1. The fraction of sp³-hybridized carbons (Fsp3) is 0.353. The van der Waals surface area contributed by atoms with Crippen molar-refractivity contribution in [2.75, 3.05) is 43.0 Å². The fourth-order valence-corrected chi connectivity index (χ4v) is 2.78. The molecule has 0 atom stereocenters. The van der Waals surface area contributed by atoms with E-state index in [0.717, 1.165) is 38.5 Å². The average Bonchev–Trinajstić information content (AvgIpc) is 2.56. The van der Waals surface area contributed by atoms with Gasteiger partial charge in [-0.15, -0.1) is 0 Å². The molecule has 0 bridgehead atoms. The summed E-state index contributed by atoms with van der Waals surface area (Å²) in [5.41, 5.74) is 2.60. The van der Waals surface area contributed by atoms with E-state index in [1.54, 1.807) is 0 Å². The predicted octanol–water partition coefficient (Wildman–Crippen LogP) is 2.13. The Morgan fingerprint density at radius 3 is 2.43 bits per heavy atom. The zero-order valence-corrected chi connectivity index (χ0v) is 12.5. The number of para-hydroxylation sites is 1. The van der Waals surface area contributed by atoms with E-state index in [1.807, 2.05) is 13.2 Å². The molecule has 1 fully saturated rings. The highest BCUT2D eigenvalue weighted by Gasteiger charge is 2.18. The van der Waals surface area contributed by atoms with Crippen molar-refractivity contribution in [3.63, 3.8) is 0 Å². The first-order chi connectivity index (χ1) is 10.4. The highest BCUT2D eigenvalue weighted by Crippen LogP contribution is 2.19. The second kappa shape index (κ2) is 6.59. The lowest BCUT2D eigenvalue weighted by atomic mass is 10.2. The van der Waals surface area contributed by atoms with E-state index in [1.165, 1.54) is 11.3 Å². The Labute approximate surface area is 126 Å². The lowest BCUT2D eigenvalue weighted by molar-refractivity contribution is 0.646. The summed E-state index contributed by atoms with van der Waals surface area (Å²) in [6.45, 7) is 5.01. The molecule has 1 aliphatic heterocycles. The number of anilines is 2. The lowest BCUT2D eigenvalue weighted by Gasteiger charge is -2.36. The summed E-state index contributed by atoms with van der Waals surface area (Å²) >= 11 is 0. The summed E-state index contributed by atoms with van der Waals surface area (Å²) in [7, 11) is 1.97. The van der Waals surface area contributed by atoms with Gasteiger partial charge in [0.1, 0.15) is 5.82 Å². The van der Waals surface area contributed by atoms with E-state index in [4.69, 9.17) is 0 Å². The molecule has 1 aliphatic rings. The predicted molar refractivity (Wildman–Crippen MR) is 87.9 cm³/mol. The number of piperazine rings is 1. The molecule has 1 aromatic heterocycles. The minimum Gasteiger partial charge on any atom is -0.368 e. The van der Waals surface area contributed by atoms with Gasteiger partial charge in [-0.05, 0) is 36.9 Å². The standard InChI is InChI=1S/C17H22N4/c1-18-14-15-7-8-19-17(13-15)21-11-9-20(10-12-21)16-5-3-2-4-6-16/h2-8,13,18H,9-12,14H2,1H3. The topological polar surface area (TPSA) is 31.4 Å². The number of aromatic nitrogens is 1. The van der Waals surface area contributed by atoms with E-state index in [0.29, 0.717) is 0 Å². The minimum atomic E-state index is 0.888. The molecule has 21 heavy (non-hydrogen) atoms. The number of nitrogens with one attached hydrogen (secondary N) is 1. The molecule has 0 unspecified atom stereocenters. The molecule has 0 aliphatic carbocycles. The maximum absolute atomic E-state index is 4.52. The molecule has 3 rings (SSSR count). The average molecular weight is 282 g/mol. The van der Waals surface area contributed by atoms with Crippen LogP contribution in [-0.2, 0) is 6.54 Å². The first-order valence-corrected chi connectivity index (χ1v) is 7.51. The lowest BCUT2D eigenvalue weighted by Crippen LogP contribution is -2.46. The molecule has 2 heterocycles. The van der Waals surface area contributed by atoms with Gasteiger partial charge in [0, 0.05) is 44.6 Å². The second-order valence-corrected chi connectivity index (χ2v) is 5.36. The molecule has 4 nitrogen and oxygen atoms in total. The molecular formula is C17H22N4. The molecule has 0 amide bonds. The zero-order chi connectivity index (χ0) is 14.5. The Hall–Kier alpha value is -2.07. The molecule has 0 saturated carbocycles. The van der Waals surface area contributed by atoms with Gasteiger partial charge < -0.3 is 15.1 Å². The van der Waals surface area contributed by atoms with Gasteiger partial charge >= 0.3 is 0 Å². The van der Waals surface area contributed by atoms with Crippen molar-refractivity contribution in [2.45, 2.75) is 6.54 Å². The van der Waals surface area contributed by atoms with Gasteiger partial charge in [0.25, 0.3) is 0 Å². The monoisotopic (exact) mass is 282 g/mol. The summed E-state index contributed by atoms with van der Waals surface area (Å²) < 4.78 is 0. The molecule has 110 valence electrons. The van der Waals surface area contributed by atoms with E-state index >= 15 is 0 Å². The highest BCUT2D eigenvalue weighted by atomic mass is 15.3. The van der Waals surface area contributed by atoms with E-state index in [9.17, 15) is 0 Å². The van der Waals surface area contributed by atoms with Gasteiger partial charge in [0.15, 0.2) is 0 Å². The van der Waals surface area contributed by atoms with Gasteiger partial charge in [-0.2, -0.15) is 0 Å². The molecule has 1 aromatic carbocycles. The van der Waals surface area contributed by atoms with Crippen molar-refractivity contribution < 1.29 is 0 Å². The highest BCUT2D eigenvalue weighted by molar-refractivity contribution is 5.49. The summed E-state index contributed by atoms with van der Waals surface area (Å²) in [6.07, 6.45) is 1.91. The van der Waals surface area contributed by atoms with Crippen LogP contribution < -0.4 is 15.1 Å². The van der Waals surface area contributed by atoms with Gasteiger partial charge in [-0.1, -0.05) is 18.2 Å². The molecule has 1 saturated heterocycles. The Morgan fingerprint density at radius 2 is 1.71 bits per heavy atom. The summed E-state index contributed by atoms with van der Waals surface area (Å²) in [5.74, 6) is 1.09. The van der Waals surface area contributed by atoms with Crippen molar-refractivity contribution in [1.82, 2.24) is 10.3 Å². The Bertz CT molecular complexity index is 562. The van der Waals surface area contributed by atoms with Crippen LogP contribution in [0.5, 0.6) is 0 Å². The molecule has 0 spiro atoms. The molecular weight excluding hydrogens is 260 g/mol. The van der Waals surface area contributed by atoms with Crippen molar-refractivity contribution in [1.29, 1.82) is 0 Å². The van der Waals surface area contributed by atoms with Gasteiger partial charge in [0.2, 0.25) is 0 Å². The fourth-order valence-electron chi connectivity index (χ4n) is 2.78. The Balaban J connectivity index is 1.64. The van der Waals surface area contributed by atoms with Crippen LogP contribution in [-0.4, -0.2) is 38.2 Å². The number of rotatable bonds is 4. The number of nitrogens with zero attached hydrogens (tertiary/aromatic N) is 3. The summed E-state index contributed by atoms with van der Waals surface area (Å²) in [4.78, 5) is 9.33. The summed E-state index contributed by atoms with van der Waals surface area (Å²) in [5, 5.41) is 3.19. The van der Waals surface area contributed by atoms with Crippen LogP contribution in [0.25, 0.3) is 0 Å². The molecule has 2 aromatic rings. The molecule has 4 heteroatoms. The van der Waals surface area contributed by atoms with Gasteiger partial charge in [-0.3, -0.25) is 0 Å². The largest absolute Gasteiger partial charge is 0.368 e. The van der Waals surface area contributed by atoms with Crippen LogP contribution in [0.3, 0.4) is 0 Å². The van der Waals surface area contributed by atoms with Crippen LogP contribution in [0.15, 0.2) is 48.7 Å². The molecule has 1 N–H and O–H groups in total.